The van der Waals surface area contributed by atoms with Crippen LogP contribution in [0.2, 0.25) is 0 Å². The quantitative estimate of drug-likeness (QED) is 0.707. The highest BCUT2D eigenvalue weighted by Gasteiger charge is 2.11. The van der Waals surface area contributed by atoms with Gasteiger partial charge in [0.1, 0.15) is 0 Å². The number of sulfonamides is 1. The van der Waals surface area contributed by atoms with Crippen molar-refractivity contribution < 1.29 is 13.5 Å². The lowest BCUT2D eigenvalue weighted by Gasteiger charge is -2.17. The van der Waals surface area contributed by atoms with Crippen molar-refractivity contribution in [1.82, 2.24) is 5.32 Å². The van der Waals surface area contributed by atoms with E-state index >= 15 is 0 Å². The molecular formula is C12H20N2O3S. The Morgan fingerprint density at radius 1 is 1.39 bits per heavy atom. The van der Waals surface area contributed by atoms with Crippen molar-refractivity contribution in [3.8, 4) is 0 Å². The molecule has 0 bridgehead atoms. The molecule has 0 aliphatic heterocycles. The van der Waals surface area contributed by atoms with Crippen LogP contribution < -0.4 is 10.5 Å². The average molecular weight is 272 g/mol. The summed E-state index contributed by atoms with van der Waals surface area (Å²) >= 11 is 0. The number of primary sulfonamides is 1. The molecule has 18 heavy (non-hydrogen) atoms. The second-order valence-corrected chi connectivity index (χ2v) is 6.10. The summed E-state index contributed by atoms with van der Waals surface area (Å²) < 4.78 is 22.5. The topological polar surface area (TPSA) is 92.4 Å². The molecule has 0 amide bonds. The molecule has 0 fully saturated rings. The summed E-state index contributed by atoms with van der Waals surface area (Å²) in [5, 5.41) is 17.3. The van der Waals surface area contributed by atoms with Gasteiger partial charge in [-0.2, -0.15) is 0 Å². The van der Waals surface area contributed by atoms with E-state index in [-0.39, 0.29) is 23.5 Å². The summed E-state index contributed by atoms with van der Waals surface area (Å²) in [6.07, 6.45) is 0. The third-order valence-corrected chi connectivity index (χ3v) is 3.68. The fourth-order valence-electron chi connectivity index (χ4n) is 1.52. The third kappa shape index (κ3) is 4.38. The molecule has 0 aromatic heterocycles. The first-order valence-electron chi connectivity index (χ1n) is 5.81. The van der Waals surface area contributed by atoms with Crippen LogP contribution in [0.5, 0.6) is 0 Å². The monoisotopic (exact) mass is 272 g/mol. The molecule has 5 nitrogen and oxygen atoms in total. The fraction of sp³-hybridized carbons (Fsp3) is 0.500. The van der Waals surface area contributed by atoms with Gasteiger partial charge in [0.25, 0.3) is 0 Å². The molecule has 6 heteroatoms. The van der Waals surface area contributed by atoms with Crippen molar-refractivity contribution >= 4 is 10.0 Å². The van der Waals surface area contributed by atoms with Gasteiger partial charge in [0.05, 0.1) is 4.90 Å². The van der Waals surface area contributed by atoms with Gasteiger partial charge in [-0.3, -0.25) is 0 Å². The molecule has 0 saturated heterocycles. The van der Waals surface area contributed by atoms with Gasteiger partial charge in [0, 0.05) is 19.2 Å². The summed E-state index contributed by atoms with van der Waals surface area (Å²) in [6, 6.07) is 6.55. The Labute approximate surface area is 108 Å². The maximum Gasteiger partial charge on any atom is 0.238 e. The molecule has 4 N–H and O–H groups in total. The van der Waals surface area contributed by atoms with Crippen molar-refractivity contribution in [2.45, 2.75) is 24.8 Å². The highest BCUT2D eigenvalue weighted by atomic mass is 32.2. The summed E-state index contributed by atoms with van der Waals surface area (Å²) in [4.78, 5) is 0.115. The number of rotatable bonds is 6. The number of aliphatic hydroxyl groups is 1. The highest BCUT2D eigenvalue weighted by Crippen LogP contribution is 2.16. The second kappa shape index (κ2) is 6.29. The predicted molar refractivity (Wildman–Crippen MR) is 70.5 cm³/mol. The first-order chi connectivity index (χ1) is 8.34. The van der Waals surface area contributed by atoms with E-state index in [1.54, 1.807) is 12.1 Å². The SMILES string of the molecule is CC(CO)CNC(C)c1cccc(S(N)(=O)=O)c1. The van der Waals surface area contributed by atoms with Gasteiger partial charge in [-0.15, -0.1) is 0 Å². The zero-order chi connectivity index (χ0) is 13.8. The van der Waals surface area contributed by atoms with E-state index in [2.05, 4.69) is 5.32 Å². The maximum atomic E-state index is 11.2. The minimum absolute atomic E-state index is 0.000648. The minimum Gasteiger partial charge on any atom is -0.396 e. The van der Waals surface area contributed by atoms with Gasteiger partial charge in [0.15, 0.2) is 0 Å². The Bertz CT molecular complexity index is 488. The Morgan fingerprint density at radius 2 is 2.06 bits per heavy atom. The largest absolute Gasteiger partial charge is 0.396 e. The van der Waals surface area contributed by atoms with E-state index < -0.39 is 10.0 Å². The maximum absolute atomic E-state index is 11.2. The van der Waals surface area contributed by atoms with Gasteiger partial charge in [-0.25, -0.2) is 13.6 Å². The lowest BCUT2D eigenvalue weighted by atomic mass is 10.1. The zero-order valence-electron chi connectivity index (χ0n) is 10.6. The van der Waals surface area contributed by atoms with Crippen molar-refractivity contribution in [2.75, 3.05) is 13.2 Å². The summed E-state index contributed by atoms with van der Waals surface area (Å²) in [5.41, 5.74) is 0.853. The van der Waals surface area contributed by atoms with Gasteiger partial charge in [0.2, 0.25) is 10.0 Å². The van der Waals surface area contributed by atoms with E-state index in [4.69, 9.17) is 10.2 Å². The van der Waals surface area contributed by atoms with Gasteiger partial charge in [-0.05, 0) is 30.5 Å². The van der Waals surface area contributed by atoms with E-state index in [0.717, 1.165) is 5.56 Å². The first kappa shape index (κ1) is 15.1. The van der Waals surface area contributed by atoms with Crippen LogP contribution in [0.25, 0.3) is 0 Å². The first-order valence-corrected chi connectivity index (χ1v) is 7.36. The fourth-order valence-corrected chi connectivity index (χ4v) is 2.09. The molecule has 0 radical (unpaired) electrons. The molecule has 2 unspecified atom stereocenters. The molecule has 0 aliphatic rings. The molecule has 0 heterocycles. The van der Waals surface area contributed by atoms with Crippen LogP contribution in [0.3, 0.4) is 0 Å². The Morgan fingerprint density at radius 3 is 2.61 bits per heavy atom. The number of benzene rings is 1. The summed E-state index contributed by atoms with van der Waals surface area (Å²) in [7, 11) is -3.66. The number of nitrogens with one attached hydrogen (secondary N) is 1. The van der Waals surface area contributed by atoms with E-state index in [1.807, 2.05) is 19.9 Å². The number of aliphatic hydroxyl groups excluding tert-OH is 1. The molecule has 2 atom stereocenters. The van der Waals surface area contributed by atoms with E-state index in [0.29, 0.717) is 6.54 Å². The molecule has 0 saturated carbocycles. The molecule has 1 aromatic rings. The number of hydrogen-bond donors (Lipinski definition) is 3. The lowest BCUT2D eigenvalue weighted by molar-refractivity contribution is 0.231. The molecule has 0 aliphatic carbocycles. The van der Waals surface area contributed by atoms with Crippen LogP contribution in [0.4, 0.5) is 0 Å². The van der Waals surface area contributed by atoms with Gasteiger partial charge in [-0.1, -0.05) is 19.1 Å². The number of nitrogens with two attached hydrogens (primary N) is 1. The second-order valence-electron chi connectivity index (χ2n) is 4.54. The molecular weight excluding hydrogens is 252 g/mol. The van der Waals surface area contributed by atoms with Crippen molar-refractivity contribution in [2.24, 2.45) is 11.1 Å². The smallest absolute Gasteiger partial charge is 0.238 e. The van der Waals surface area contributed by atoms with Crippen LogP contribution in [-0.4, -0.2) is 26.7 Å². The molecule has 1 aromatic carbocycles. The number of hydrogen-bond acceptors (Lipinski definition) is 4. The Hall–Kier alpha value is -0.950. The van der Waals surface area contributed by atoms with Crippen LogP contribution in [0.1, 0.15) is 25.5 Å². The standard InChI is InChI=1S/C12H20N2O3S/c1-9(8-15)7-14-10(2)11-4-3-5-12(6-11)18(13,16)17/h3-6,9-10,14-15H,7-8H2,1-2H3,(H2,13,16,17). The molecule has 0 spiro atoms. The van der Waals surface area contributed by atoms with E-state index in [9.17, 15) is 8.42 Å². The third-order valence-electron chi connectivity index (χ3n) is 2.77. The van der Waals surface area contributed by atoms with Crippen LogP contribution in [0, 0.1) is 5.92 Å². The Kier molecular flexibility index (Phi) is 5.28. The Balaban J connectivity index is 2.78. The normalized spacial score (nSPS) is 15.3. The molecule has 1 rings (SSSR count). The van der Waals surface area contributed by atoms with Crippen molar-refractivity contribution in [3.05, 3.63) is 29.8 Å². The lowest BCUT2D eigenvalue weighted by Crippen LogP contribution is -2.26. The van der Waals surface area contributed by atoms with Crippen LogP contribution >= 0.6 is 0 Å². The van der Waals surface area contributed by atoms with Crippen LogP contribution in [0.15, 0.2) is 29.2 Å². The van der Waals surface area contributed by atoms with Gasteiger partial charge < -0.3 is 10.4 Å². The molecule has 102 valence electrons. The van der Waals surface area contributed by atoms with E-state index in [1.165, 1.54) is 6.07 Å². The average Bonchev–Trinajstić information content (AvgIpc) is 2.34. The van der Waals surface area contributed by atoms with Crippen molar-refractivity contribution in [3.63, 3.8) is 0 Å². The van der Waals surface area contributed by atoms with Gasteiger partial charge >= 0.3 is 0 Å². The minimum atomic E-state index is -3.66. The summed E-state index contributed by atoms with van der Waals surface area (Å²) in [6.45, 7) is 4.65. The summed E-state index contributed by atoms with van der Waals surface area (Å²) in [5.74, 6) is 0.161. The highest BCUT2D eigenvalue weighted by molar-refractivity contribution is 7.89. The zero-order valence-corrected chi connectivity index (χ0v) is 11.4. The van der Waals surface area contributed by atoms with Crippen LogP contribution in [-0.2, 0) is 10.0 Å². The van der Waals surface area contributed by atoms with Crippen molar-refractivity contribution in [1.29, 1.82) is 0 Å². The predicted octanol–water partition coefficient (Wildman–Crippen LogP) is 0.613.